The first kappa shape index (κ1) is 11.9. The van der Waals surface area contributed by atoms with Crippen molar-refractivity contribution in [2.45, 2.75) is 39.0 Å². The fourth-order valence-electron chi connectivity index (χ4n) is 3.22. The Labute approximate surface area is 97.8 Å². The van der Waals surface area contributed by atoms with Crippen molar-refractivity contribution in [2.75, 3.05) is 19.6 Å². The number of likely N-dealkylation sites (tertiary alicyclic amines) is 1. The summed E-state index contributed by atoms with van der Waals surface area (Å²) < 4.78 is 0. The van der Waals surface area contributed by atoms with E-state index in [0.29, 0.717) is 0 Å². The highest BCUT2D eigenvalue weighted by Gasteiger charge is 2.28. The molecule has 0 aromatic carbocycles. The van der Waals surface area contributed by atoms with Gasteiger partial charge < -0.3 is 10.0 Å². The zero-order valence-corrected chi connectivity index (χ0v) is 10.2. The van der Waals surface area contributed by atoms with Gasteiger partial charge in [0.25, 0.3) is 0 Å². The lowest BCUT2D eigenvalue weighted by Gasteiger charge is -2.31. The summed E-state index contributed by atoms with van der Waals surface area (Å²) in [4.78, 5) is 13.3. The van der Waals surface area contributed by atoms with Gasteiger partial charge in [-0.25, -0.2) is 0 Å². The van der Waals surface area contributed by atoms with Crippen LogP contribution >= 0.6 is 0 Å². The largest absolute Gasteiger partial charge is 0.481 e. The summed E-state index contributed by atoms with van der Waals surface area (Å²) in [5.74, 6) is 1.09. The fraction of sp³-hybridized carbons (Fsp3) is 0.923. The summed E-state index contributed by atoms with van der Waals surface area (Å²) >= 11 is 0. The van der Waals surface area contributed by atoms with Gasteiger partial charge in [-0.3, -0.25) is 4.79 Å². The molecule has 3 heteroatoms. The van der Waals surface area contributed by atoms with Gasteiger partial charge in [0.1, 0.15) is 0 Å². The second-order valence-corrected chi connectivity index (χ2v) is 5.70. The Morgan fingerprint density at radius 3 is 2.44 bits per heavy atom. The van der Waals surface area contributed by atoms with Gasteiger partial charge in [0.2, 0.25) is 0 Å². The molecule has 1 saturated heterocycles. The van der Waals surface area contributed by atoms with Crippen molar-refractivity contribution in [1.29, 1.82) is 0 Å². The Bertz CT molecular complexity index is 246. The summed E-state index contributed by atoms with van der Waals surface area (Å²) in [6, 6.07) is 0. The maximum absolute atomic E-state index is 10.8. The topological polar surface area (TPSA) is 40.5 Å². The quantitative estimate of drug-likeness (QED) is 0.800. The lowest BCUT2D eigenvalue weighted by atomic mass is 9.96. The summed E-state index contributed by atoms with van der Waals surface area (Å²) in [6.07, 6.45) is 5.82. The molecule has 2 fully saturated rings. The van der Waals surface area contributed by atoms with E-state index in [0.717, 1.165) is 37.8 Å². The molecule has 1 heterocycles. The number of hydrogen-bond donors (Lipinski definition) is 1. The van der Waals surface area contributed by atoms with Crippen LogP contribution in [0.1, 0.15) is 39.0 Å². The molecule has 0 aromatic heterocycles. The predicted molar refractivity (Wildman–Crippen MR) is 63.3 cm³/mol. The Balaban J connectivity index is 1.71. The summed E-state index contributed by atoms with van der Waals surface area (Å²) in [5.41, 5.74) is 0. The molecule has 2 aliphatic rings. The van der Waals surface area contributed by atoms with E-state index in [4.69, 9.17) is 5.11 Å². The van der Waals surface area contributed by atoms with Crippen molar-refractivity contribution in [1.82, 2.24) is 4.90 Å². The number of hydrogen-bond acceptors (Lipinski definition) is 2. The van der Waals surface area contributed by atoms with Crippen LogP contribution in [0.15, 0.2) is 0 Å². The highest BCUT2D eigenvalue weighted by Crippen LogP contribution is 2.31. The van der Waals surface area contributed by atoms with Gasteiger partial charge in [0, 0.05) is 6.54 Å². The van der Waals surface area contributed by atoms with Gasteiger partial charge in [-0.1, -0.05) is 13.3 Å². The van der Waals surface area contributed by atoms with Crippen molar-refractivity contribution in [3.63, 3.8) is 0 Å². The standard InChI is InChI=1S/C13H23NO2/c1-10-2-3-11(8-10)9-14-6-4-12(5-7-14)13(15)16/h10-12H,2-9H2,1H3,(H,15,16)/t10-,11+/m1/s1. The van der Waals surface area contributed by atoms with Crippen LogP contribution in [0.2, 0.25) is 0 Å². The molecular weight excluding hydrogens is 202 g/mol. The number of carbonyl (C=O) groups is 1. The van der Waals surface area contributed by atoms with Crippen molar-refractivity contribution in [3.8, 4) is 0 Å². The Morgan fingerprint density at radius 2 is 1.94 bits per heavy atom. The Kier molecular flexibility index (Phi) is 3.85. The summed E-state index contributed by atoms with van der Waals surface area (Å²) in [5, 5.41) is 8.92. The van der Waals surface area contributed by atoms with E-state index in [1.807, 2.05) is 0 Å². The molecule has 2 rings (SSSR count). The first-order valence-corrected chi connectivity index (χ1v) is 6.60. The van der Waals surface area contributed by atoms with Crippen LogP contribution in [0.3, 0.4) is 0 Å². The highest BCUT2D eigenvalue weighted by atomic mass is 16.4. The molecule has 1 aliphatic heterocycles. The van der Waals surface area contributed by atoms with Gasteiger partial charge in [-0.05, 0) is 50.6 Å². The minimum Gasteiger partial charge on any atom is -0.481 e. The molecule has 16 heavy (non-hydrogen) atoms. The lowest BCUT2D eigenvalue weighted by Crippen LogP contribution is -2.38. The van der Waals surface area contributed by atoms with Crippen molar-refractivity contribution in [2.24, 2.45) is 17.8 Å². The third-order valence-corrected chi connectivity index (χ3v) is 4.26. The average molecular weight is 225 g/mol. The molecule has 1 saturated carbocycles. The zero-order chi connectivity index (χ0) is 11.5. The van der Waals surface area contributed by atoms with E-state index in [1.54, 1.807) is 0 Å². The molecule has 0 spiro atoms. The molecular formula is C13H23NO2. The molecule has 0 unspecified atom stereocenters. The van der Waals surface area contributed by atoms with E-state index < -0.39 is 5.97 Å². The van der Waals surface area contributed by atoms with Crippen molar-refractivity contribution >= 4 is 5.97 Å². The fourth-order valence-corrected chi connectivity index (χ4v) is 3.22. The van der Waals surface area contributed by atoms with Gasteiger partial charge >= 0.3 is 5.97 Å². The van der Waals surface area contributed by atoms with Crippen LogP contribution < -0.4 is 0 Å². The van der Waals surface area contributed by atoms with Gasteiger partial charge in [0.05, 0.1) is 5.92 Å². The van der Waals surface area contributed by atoms with Gasteiger partial charge in [0.15, 0.2) is 0 Å². The third kappa shape index (κ3) is 2.97. The number of carboxylic acid groups (broad SMARTS) is 1. The smallest absolute Gasteiger partial charge is 0.306 e. The average Bonchev–Trinajstić information content (AvgIpc) is 2.65. The Morgan fingerprint density at radius 1 is 1.25 bits per heavy atom. The van der Waals surface area contributed by atoms with Crippen LogP contribution in [0.25, 0.3) is 0 Å². The summed E-state index contributed by atoms with van der Waals surface area (Å²) in [7, 11) is 0. The van der Waals surface area contributed by atoms with Crippen LogP contribution in [0.4, 0.5) is 0 Å². The third-order valence-electron chi connectivity index (χ3n) is 4.26. The lowest BCUT2D eigenvalue weighted by molar-refractivity contribution is -0.143. The molecule has 1 N–H and O–H groups in total. The molecule has 2 atom stereocenters. The predicted octanol–water partition coefficient (Wildman–Crippen LogP) is 2.22. The molecule has 3 nitrogen and oxygen atoms in total. The normalized spacial score (nSPS) is 33.1. The molecule has 1 aliphatic carbocycles. The minimum absolute atomic E-state index is 0.0845. The maximum atomic E-state index is 10.8. The number of nitrogens with zero attached hydrogens (tertiary/aromatic N) is 1. The zero-order valence-electron chi connectivity index (χ0n) is 10.2. The number of carboxylic acids is 1. The van der Waals surface area contributed by atoms with Crippen LogP contribution in [0, 0.1) is 17.8 Å². The minimum atomic E-state index is -0.603. The summed E-state index contributed by atoms with van der Waals surface area (Å²) in [6.45, 7) is 5.52. The van der Waals surface area contributed by atoms with Crippen molar-refractivity contribution in [3.05, 3.63) is 0 Å². The number of piperidine rings is 1. The number of aliphatic carboxylic acids is 1. The maximum Gasteiger partial charge on any atom is 0.306 e. The second kappa shape index (κ2) is 5.17. The van der Waals surface area contributed by atoms with E-state index in [2.05, 4.69) is 11.8 Å². The van der Waals surface area contributed by atoms with Gasteiger partial charge in [-0.15, -0.1) is 0 Å². The van der Waals surface area contributed by atoms with Crippen LogP contribution in [-0.4, -0.2) is 35.6 Å². The molecule has 0 amide bonds. The molecule has 0 bridgehead atoms. The molecule has 92 valence electrons. The number of rotatable bonds is 3. The van der Waals surface area contributed by atoms with Crippen LogP contribution in [0.5, 0.6) is 0 Å². The molecule has 0 aromatic rings. The van der Waals surface area contributed by atoms with Crippen LogP contribution in [-0.2, 0) is 4.79 Å². The first-order chi connectivity index (χ1) is 7.65. The monoisotopic (exact) mass is 225 g/mol. The van der Waals surface area contributed by atoms with Crippen molar-refractivity contribution < 1.29 is 9.90 Å². The highest BCUT2D eigenvalue weighted by molar-refractivity contribution is 5.70. The first-order valence-electron chi connectivity index (χ1n) is 6.60. The Hall–Kier alpha value is -0.570. The van der Waals surface area contributed by atoms with E-state index >= 15 is 0 Å². The van der Waals surface area contributed by atoms with E-state index in [1.165, 1.54) is 25.8 Å². The van der Waals surface area contributed by atoms with E-state index in [-0.39, 0.29) is 5.92 Å². The van der Waals surface area contributed by atoms with Gasteiger partial charge in [-0.2, -0.15) is 0 Å². The SMILES string of the molecule is C[C@@H]1CC[C@H](CN2CCC(C(=O)O)CC2)C1. The van der Waals surface area contributed by atoms with E-state index in [9.17, 15) is 4.79 Å². The molecule has 0 radical (unpaired) electrons. The second-order valence-electron chi connectivity index (χ2n) is 5.70.